The Morgan fingerprint density at radius 1 is 0.621 bits per heavy atom. The smallest absolute Gasteiger partial charge is 0.101 e. The largest absolute Gasteiger partial charge is 0.394 e. The van der Waals surface area contributed by atoms with Gasteiger partial charge >= 0.3 is 0 Å². The van der Waals surface area contributed by atoms with E-state index in [1.165, 1.54) is 83.5 Å². The zero-order chi connectivity index (χ0) is 21.4. The standard InChI is InChI=1S/C24H48O5/c1-2-3-4-5-6-7-8-9-10-11-12-13-14-15-16-17-18-28-21-24(27)22-29-20-23(26)19-25/h9-10,23-27H,2-8,11-22H2,1H3. The number of hydrogen-bond donors (Lipinski definition) is 3. The summed E-state index contributed by atoms with van der Waals surface area (Å²) in [6.45, 7) is 2.99. The third kappa shape index (κ3) is 23.7. The second-order valence-electron chi connectivity index (χ2n) is 8.04. The van der Waals surface area contributed by atoms with E-state index >= 15 is 0 Å². The molecule has 0 aliphatic carbocycles. The summed E-state index contributed by atoms with van der Waals surface area (Å²) >= 11 is 0. The van der Waals surface area contributed by atoms with Crippen molar-refractivity contribution in [3.8, 4) is 0 Å². The molecule has 0 amide bonds. The first kappa shape index (κ1) is 28.5. The molecule has 0 saturated heterocycles. The summed E-state index contributed by atoms with van der Waals surface area (Å²) in [5.41, 5.74) is 0. The summed E-state index contributed by atoms with van der Waals surface area (Å²) in [5.74, 6) is 0. The summed E-state index contributed by atoms with van der Waals surface area (Å²) in [4.78, 5) is 0. The average molecular weight is 417 g/mol. The van der Waals surface area contributed by atoms with Crippen LogP contribution in [0.4, 0.5) is 0 Å². The lowest BCUT2D eigenvalue weighted by atomic mass is 10.1. The van der Waals surface area contributed by atoms with Crippen LogP contribution in [0.3, 0.4) is 0 Å². The van der Waals surface area contributed by atoms with Crippen molar-refractivity contribution in [2.45, 2.75) is 109 Å². The van der Waals surface area contributed by atoms with Gasteiger partial charge in [0.05, 0.1) is 26.4 Å². The van der Waals surface area contributed by atoms with Crippen LogP contribution < -0.4 is 0 Å². The maximum absolute atomic E-state index is 9.67. The molecule has 0 radical (unpaired) electrons. The molecule has 0 aliphatic rings. The Morgan fingerprint density at radius 3 is 1.69 bits per heavy atom. The first-order valence-corrected chi connectivity index (χ1v) is 12.0. The van der Waals surface area contributed by atoms with Crippen LogP contribution in [0.1, 0.15) is 96.8 Å². The number of hydrogen-bond acceptors (Lipinski definition) is 5. The normalized spacial score (nSPS) is 13.9. The highest BCUT2D eigenvalue weighted by Crippen LogP contribution is 2.10. The van der Waals surface area contributed by atoms with E-state index in [9.17, 15) is 5.11 Å². The van der Waals surface area contributed by atoms with Crippen molar-refractivity contribution < 1.29 is 24.8 Å². The first-order chi connectivity index (χ1) is 14.2. The van der Waals surface area contributed by atoms with E-state index in [2.05, 4.69) is 19.1 Å². The second-order valence-corrected chi connectivity index (χ2v) is 8.04. The average Bonchev–Trinajstić information content (AvgIpc) is 2.72. The van der Waals surface area contributed by atoms with Crippen LogP contribution >= 0.6 is 0 Å². The molecule has 2 atom stereocenters. The zero-order valence-corrected chi connectivity index (χ0v) is 18.9. The molecule has 0 aromatic heterocycles. The molecule has 174 valence electrons. The van der Waals surface area contributed by atoms with Crippen molar-refractivity contribution in [3.63, 3.8) is 0 Å². The molecule has 0 aromatic carbocycles. The summed E-state index contributed by atoms with van der Waals surface area (Å²) in [6.07, 6.45) is 21.2. The predicted octanol–water partition coefficient (Wildman–Crippen LogP) is 4.77. The number of rotatable bonds is 23. The number of aliphatic hydroxyl groups is 3. The van der Waals surface area contributed by atoms with E-state index in [0.717, 1.165) is 6.42 Å². The molecule has 0 aromatic rings. The van der Waals surface area contributed by atoms with E-state index in [1.54, 1.807) is 0 Å². The minimum absolute atomic E-state index is 0.0302. The molecule has 5 nitrogen and oxygen atoms in total. The lowest BCUT2D eigenvalue weighted by molar-refractivity contribution is -0.0481. The Labute approximate surface area is 179 Å². The molecule has 0 heterocycles. The molecule has 29 heavy (non-hydrogen) atoms. The van der Waals surface area contributed by atoms with E-state index in [1.807, 2.05) is 0 Å². The van der Waals surface area contributed by atoms with Gasteiger partial charge in [0, 0.05) is 6.61 Å². The van der Waals surface area contributed by atoms with Crippen molar-refractivity contribution in [3.05, 3.63) is 12.2 Å². The fourth-order valence-electron chi connectivity index (χ4n) is 3.11. The maximum atomic E-state index is 9.67. The van der Waals surface area contributed by atoms with Crippen LogP contribution in [0.5, 0.6) is 0 Å². The minimum Gasteiger partial charge on any atom is -0.394 e. The van der Waals surface area contributed by atoms with Gasteiger partial charge in [-0.25, -0.2) is 0 Å². The van der Waals surface area contributed by atoms with Gasteiger partial charge in [-0.3, -0.25) is 0 Å². The highest BCUT2D eigenvalue weighted by atomic mass is 16.5. The number of allylic oxidation sites excluding steroid dienone is 2. The predicted molar refractivity (Wildman–Crippen MR) is 120 cm³/mol. The minimum atomic E-state index is -0.885. The molecule has 5 heteroatoms. The topological polar surface area (TPSA) is 79.2 Å². The van der Waals surface area contributed by atoms with E-state index in [-0.39, 0.29) is 26.4 Å². The van der Waals surface area contributed by atoms with Crippen LogP contribution in [0.25, 0.3) is 0 Å². The van der Waals surface area contributed by atoms with Crippen LogP contribution in [-0.2, 0) is 9.47 Å². The third-order valence-corrected chi connectivity index (χ3v) is 4.94. The Balaban J connectivity index is 3.19. The van der Waals surface area contributed by atoms with Crippen molar-refractivity contribution in [1.82, 2.24) is 0 Å². The van der Waals surface area contributed by atoms with Gasteiger partial charge in [-0.1, -0.05) is 76.9 Å². The lowest BCUT2D eigenvalue weighted by Crippen LogP contribution is -2.26. The van der Waals surface area contributed by atoms with Crippen molar-refractivity contribution in [1.29, 1.82) is 0 Å². The van der Waals surface area contributed by atoms with Crippen LogP contribution in [0.15, 0.2) is 12.2 Å². The van der Waals surface area contributed by atoms with Gasteiger partial charge in [0.15, 0.2) is 0 Å². The molecular formula is C24H48O5. The Morgan fingerprint density at radius 2 is 1.10 bits per heavy atom. The molecule has 3 N–H and O–H groups in total. The van der Waals surface area contributed by atoms with Gasteiger partial charge in [0.25, 0.3) is 0 Å². The quantitative estimate of drug-likeness (QED) is 0.165. The monoisotopic (exact) mass is 416 g/mol. The zero-order valence-electron chi connectivity index (χ0n) is 18.9. The van der Waals surface area contributed by atoms with Gasteiger partial charge < -0.3 is 24.8 Å². The molecule has 0 bridgehead atoms. The van der Waals surface area contributed by atoms with Gasteiger partial charge in [0.1, 0.15) is 12.2 Å². The Kier molecular flexibility index (Phi) is 23.4. The molecule has 0 rings (SSSR count). The Hall–Kier alpha value is -0.460. The maximum Gasteiger partial charge on any atom is 0.101 e. The second kappa shape index (κ2) is 23.8. The first-order valence-electron chi connectivity index (χ1n) is 12.0. The summed E-state index contributed by atoms with van der Waals surface area (Å²) < 4.78 is 10.5. The van der Waals surface area contributed by atoms with E-state index in [0.29, 0.717) is 6.61 Å². The molecule has 0 aliphatic heterocycles. The number of unbranched alkanes of at least 4 members (excludes halogenated alkanes) is 12. The lowest BCUT2D eigenvalue weighted by Gasteiger charge is -2.13. The fraction of sp³-hybridized carbons (Fsp3) is 0.917. The van der Waals surface area contributed by atoms with Gasteiger partial charge in [0.2, 0.25) is 0 Å². The van der Waals surface area contributed by atoms with Gasteiger partial charge in [-0.15, -0.1) is 0 Å². The Bertz CT molecular complexity index is 335. The van der Waals surface area contributed by atoms with E-state index < -0.39 is 12.2 Å². The van der Waals surface area contributed by atoms with Crippen LogP contribution in [-0.4, -0.2) is 60.6 Å². The highest BCUT2D eigenvalue weighted by molar-refractivity contribution is 4.81. The molecule has 0 spiro atoms. The molecule has 0 fully saturated rings. The van der Waals surface area contributed by atoms with Crippen LogP contribution in [0, 0.1) is 0 Å². The van der Waals surface area contributed by atoms with Crippen molar-refractivity contribution in [2.24, 2.45) is 0 Å². The van der Waals surface area contributed by atoms with Gasteiger partial charge in [-0.2, -0.15) is 0 Å². The van der Waals surface area contributed by atoms with Crippen molar-refractivity contribution in [2.75, 3.05) is 33.0 Å². The molecular weight excluding hydrogens is 368 g/mol. The fourth-order valence-corrected chi connectivity index (χ4v) is 3.11. The SMILES string of the molecule is CCCCCCCCC=CCCCCCCCCOCC(O)COCC(O)CO. The van der Waals surface area contributed by atoms with Gasteiger partial charge in [-0.05, 0) is 32.1 Å². The third-order valence-electron chi connectivity index (χ3n) is 4.94. The van der Waals surface area contributed by atoms with E-state index in [4.69, 9.17) is 19.7 Å². The molecule has 0 saturated carbocycles. The van der Waals surface area contributed by atoms with Crippen LogP contribution in [0.2, 0.25) is 0 Å². The summed E-state index contributed by atoms with van der Waals surface area (Å²) in [7, 11) is 0. The molecule has 2 unspecified atom stereocenters. The summed E-state index contributed by atoms with van der Waals surface area (Å²) in [6, 6.07) is 0. The number of ether oxygens (including phenoxy) is 2. The number of aliphatic hydroxyl groups excluding tert-OH is 3. The highest BCUT2D eigenvalue weighted by Gasteiger charge is 2.07. The summed E-state index contributed by atoms with van der Waals surface area (Å²) in [5, 5.41) is 27.4. The van der Waals surface area contributed by atoms with Crippen molar-refractivity contribution >= 4 is 0 Å².